The van der Waals surface area contributed by atoms with Crippen LogP contribution in [0.1, 0.15) is 24.2 Å². The Morgan fingerprint density at radius 2 is 2.05 bits per heavy atom. The van der Waals surface area contributed by atoms with Crippen LogP contribution < -0.4 is 10.1 Å². The third kappa shape index (κ3) is 3.09. The van der Waals surface area contributed by atoms with E-state index in [0.717, 1.165) is 5.69 Å². The molecule has 2 aromatic rings. The monoisotopic (exact) mass is 260 g/mol. The summed E-state index contributed by atoms with van der Waals surface area (Å²) in [5, 5.41) is 3.02. The molecule has 1 aromatic carbocycles. The van der Waals surface area contributed by atoms with E-state index in [2.05, 4.69) is 10.3 Å². The Kier molecular flexibility index (Phi) is 4.12. The maximum atomic E-state index is 13.9. The second-order valence-electron chi connectivity index (χ2n) is 4.40. The van der Waals surface area contributed by atoms with Gasteiger partial charge in [0.1, 0.15) is 17.3 Å². The SMILES string of the molecule is CNC(C)c1c(F)cccc1Oc1ccc(C)nc1. The zero-order valence-corrected chi connectivity index (χ0v) is 11.3. The highest BCUT2D eigenvalue weighted by Gasteiger charge is 2.15. The molecule has 3 nitrogen and oxygen atoms in total. The quantitative estimate of drug-likeness (QED) is 0.912. The lowest BCUT2D eigenvalue weighted by atomic mass is 10.1. The molecule has 0 spiro atoms. The number of hydrogen-bond acceptors (Lipinski definition) is 3. The van der Waals surface area contributed by atoms with Crippen molar-refractivity contribution in [2.45, 2.75) is 19.9 Å². The fourth-order valence-corrected chi connectivity index (χ4v) is 1.81. The smallest absolute Gasteiger partial charge is 0.145 e. The molecule has 0 amide bonds. The summed E-state index contributed by atoms with van der Waals surface area (Å²) in [6.45, 7) is 3.79. The summed E-state index contributed by atoms with van der Waals surface area (Å²) in [5.74, 6) is 0.827. The number of hydrogen-bond donors (Lipinski definition) is 1. The zero-order valence-electron chi connectivity index (χ0n) is 11.3. The average Bonchev–Trinajstić information content (AvgIpc) is 2.41. The van der Waals surface area contributed by atoms with Gasteiger partial charge in [-0.3, -0.25) is 4.98 Å². The number of nitrogens with one attached hydrogen (secondary N) is 1. The van der Waals surface area contributed by atoms with E-state index in [1.54, 1.807) is 25.4 Å². The molecule has 0 bridgehead atoms. The zero-order chi connectivity index (χ0) is 13.8. The van der Waals surface area contributed by atoms with Gasteiger partial charge in [-0.15, -0.1) is 0 Å². The standard InChI is InChI=1S/C15H17FN2O/c1-10-7-8-12(9-18-10)19-14-6-4-5-13(16)15(14)11(2)17-3/h4-9,11,17H,1-3H3. The van der Waals surface area contributed by atoms with Gasteiger partial charge in [-0.1, -0.05) is 6.07 Å². The molecule has 1 aromatic heterocycles. The van der Waals surface area contributed by atoms with Gasteiger partial charge in [0.15, 0.2) is 0 Å². The molecule has 1 atom stereocenters. The summed E-state index contributed by atoms with van der Waals surface area (Å²) in [6.07, 6.45) is 1.63. The number of rotatable bonds is 4. The van der Waals surface area contributed by atoms with Crippen molar-refractivity contribution in [2.75, 3.05) is 7.05 Å². The van der Waals surface area contributed by atoms with Crippen LogP contribution in [0.5, 0.6) is 11.5 Å². The Bertz CT molecular complexity index is 555. The van der Waals surface area contributed by atoms with Gasteiger partial charge in [-0.25, -0.2) is 4.39 Å². The molecule has 4 heteroatoms. The molecule has 1 N–H and O–H groups in total. The van der Waals surface area contributed by atoms with Crippen molar-refractivity contribution in [3.8, 4) is 11.5 Å². The predicted octanol–water partition coefficient (Wildman–Crippen LogP) is 3.60. The van der Waals surface area contributed by atoms with Crippen molar-refractivity contribution in [3.63, 3.8) is 0 Å². The van der Waals surface area contributed by atoms with Gasteiger partial charge in [0.05, 0.1) is 6.20 Å². The fraction of sp³-hybridized carbons (Fsp3) is 0.267. The molecule has 0 radical (unpaired) electrons. The van der Waals surface area contributed by atoms with Crippen LogP contribution in [0, 0.1) is 12.7 Å². The molecule has 0 saturated carbocycles. The van der Waals surface area contributed by atoms with Crippen LogP contribution in [0.4, 0.5) is 4.39 Å². The number of ether oxygens (including phenoxy) is 1. The number of aryl methyl sites for hydroxylation is 1. The minimum Gasteiger partial charge on any atom is -0.455 e. The third-order valence-electron chi connectivity index (χ3n) is 2.99. The molecule has 0 aliphatic carbocycles. The number of halogens is 1. The predicted molar refractivity (Wildman–Crippen MR) is 72.9 cm³/mol. The minimum atomic E-state index is -0.278. The highest BCUT2D eigenvalue weighted by molar-refractivity contribution is 5.40. The molecule has 19 heavy (non-hydrogen) atoms. The third-order valence-corrected chi connectivity index (χ3v) is 2.99. The molecule has 0 aliphatic rings. The summed E-state index contributed by atoms with van der Waals surface area (Å²) in [6, 6.07) is 8.37. The second-order valence-corrected chi connectivity index (χ2v) is 4.40. The van der Waals surface area contributed by atoms with Crippen LogP contribution in [0.25, 0.3) is 0 Å². The van der Waals surface area contributed by atoms with Crippen molar-refractivity contribution in [1.82, 2.24) is 10.3 Å². The van der Waals surface area contributed by atoms with Crippen LogP contribution in [0.3, 0.4) is 0 Å². The first-order valence-electron chi connectivity index (χ1n) is 6.18. The molecule has 1 unspecified atom stereocenters. The van der Waals surface area contributed by atoms with E-state index in [-0.39, 0.29) is 11.9 Å². The summed E-state index contributed by atoms with van der Waals surface area (Å²) >= 11 is 0. The highest BCUT2D eigenvalue weighted by atomic mass is 19.1. The molecule has 1 heterocycles. The Morgan fingerprint density at radius 1 is 1.26 bits per heavy atom. The van der Waals surface area contributed by atoms with Gasteiger partial charge in [0.25, 0.3) is 0 Å². The fourth-order valence-electron chi connectivity index (χ4n) is 1.81. The number of pyridine rings is 1. The largest absolute Gasteiger partial charge is 0.455 e. The first-order chi connectivity index (χ1) is 9.11. The van der Waals surface area contributed by atoms with Crippen molar-refractivity contribution >= 4 is 0 Å². The van der Waals surface area contributed by atoms with Crippen molar-refractivity contribution in [2.24, 2.45) is 0 Å². The van der Waals surface area contributed by atoms with Gasteiger partial charge in [0, 0.05) is 17.3 Å². The van der Waals surface area contributed by atoms with Gasteiger partial charge in [-0.2, -0.15) is 0 Å². The average molecular weight is 260 g/mol. The molecule has 0 saturated heterocycles. The topological polar surface area (TPSA) is 34.1 Å². The normalized spacial score (nSPS) is 12.2. The summed E-state index contributed by atoms with van der Waals surface area (Å²) < 4.78 is 19.6. The van der Waals surface area contributed by atoms with E-state index < -0.39 is 0 Å². The van der Waals surface area contributed by atoms with Crippen molar-refractivity contribution < 1.29 is 9.13 Å². The summed E-state index contributed by atoms with van der Waals surface area (Å²) in [5.41, 5.74) is 1.43. The second kappa shape index (κ2) is 5.80. The Labute approximate surface area is 112 Å². The molecule has 2 rings (SSSR count). The van der Waals surface area contributed by atoms with Crippen LogP contribution in [-0.2, 0) is 0 Å². The molecular weight excluding hydrogens is 243 g/mol. The molecule has 0 fully saturated rings. The van der Waals surface area contributed by atoms with Crippen LogP contribution in [0.2, 0.25) is 0 Å². The van der Waals surface area contributed by atoms with Crippen LogP contribution >= 0.6 is 0 Å². The molecule has 100 valence electrons. The first kappa shape index (κ1) is 13.5. The Hall–Kier alpha value is -1.94. The minimum absolute atomic E-state index is 0.130. The lowest BCUT2D eigenvalue weighted by Gasteiger charge is -2.17. The Morgan fingerprint density at radius 3 is 2.68 bits per heavy atom. The maximum Gasteiger partial charge on any atom is 0.145 e. The lowest BCUT2D eigenvalue weighted by Crippen LogP contribution is -2.14. The number of nitrogens with zero attached hydrogens (tertiary/aromatic N) is 1. The van der Waals surface area contributed by atoms with Crippen molar-refractivity contribution in [1.29, 1.82) is 0 Å². The molecular formula is C15H17FN2O. The number of aromatic nitrogens is 1. The van der Waals surface area contributed by atoms with E-state index in [1.165, 1.54) is 6.07 Å². The van der Waals surface area contributed by atoms with E-state index in [0.29, 0.717) is 17.1 Å². The first-order valence-corrected chi connectivity index (χ1v) is 6.18. The van der Waals surface area contributed by atoms with E-state index in [4.69, 9.17) is 4.74 Å². The van der Waals surface area contributed by atoms with Gasteiger partial charge in [-0.05, 0) is 45.2 Å². The van der Waals surface area contributed by atoms with Crippen molar-refractivity contribution in [3.05, 3.63) is 53.6 Å². The Balaban J connectivity index is 2.34. The number of benzene rings is 1. The van der Waals surface area contributed by atoms with Gasteiger partial charge in [0.2, 0.25) is 0 Å². The van der Waals surface area contributed by atoms with Crippen LogP contribution in [0.15, 0.2) is 36.5 Å². The van der Waals surface area contributed by atoms with Gasteiger partial charge >= 0.3 is 0 Å². The lowest BCUT2D eigenvalue weighted by molar-refractivity contribution is 0.450. The molecule has 0 aliphatic heterocycles. The van der Waals surface area contributed by atoms with E-state index in [9.17, 15) is 4.39 Å². The summed E-state index contributed by atoms with van der Waals surface area (Å²) in [4.78, 5) is 4.16. The van der Waals surface area contributed by atoms with Gasteiger partial charge < -0.3 is 10.1 Å². The van der Waals surface area contributed by atoms with Crippen LogP contribution in [-0.4, -0.2) is 12.0 Å². The summed E-state index contributed by atoms with van der Waals surface area (Å²) in [7, 11) is 1.79. The van der Waals surface area contributed by atoms with E-state index in [1.807, 2.05) is 26.0 Å². The van der Waals surface area contributed by atoms with E-state index >= 15 is 0 Å². The highest BCUT2D eigenvalue weighted by Crippen LogP contribution is 2.31. The maximum absolute atomic E-state index is 13.9.